The van der Waals surface area contributed by atoms with Crippen LogP contribution in [-0.4, -0.2) is 34.5 Å². The number of ether oxygens (including phenoxy) is 1. The van der Waals surface area contributed by atoms with Gasteiger partial charge in [-0.05, 0) is 37.1 Å². The van der Waals surface area contributed by atoms with Crippen LogP contribution in [0.1, 0.15) is 18.9 Å². The van der Waals surface area contributed by atoms with Crippen LogP contribution >= 0.6 is 0 Å². The van der Waals surface area contributed by atoms with Crippen LogP contribution in [0.4, 0.5) is 10.3 Å². The maximum absolute atomic E-state index is 13.0. The lowest BCUT2D eigenvalue weighted by Crippen LogP contribution is -2.29. The van der Waals surface area contributed by atoms with E-state index in [-0.39, 0.29) is 5.82 Å². The molecule has 3 heterocycles. The van der Waals surface area contributed by atoms with Crippen LogP contribution < -0.4 is 5.32 Å². The quantitative estimate of drug-likeness (QED) is 0.922. The van der Waals surface area contributed by atoms with Gasteiger partial charge in [0.2, 0.25) is 5.95 Å². The highest BCUT2D eigenvalue weighted by Gasteiger charge is 2.32. The zero-order chi connectivity index (χ0) is 14.2. The van der Waals surface area contributed by atoms with Gasteiger partial charge < -0.3 is 10.1 Å². The van der Waals surface area contributed by atoms with Gasteiger partial charge in [0.1, 0.15) is 5.82 Å². The standard InChI is InChI=1S/C15H17FN4O/c16-12-3-1-10(2-4-12)14-18-15-17-7-5-13(20(15)19-14)11-6-8-21-9-11/h1-4,11,13H,5-9H2,(H,17,18,19). The van der Waals surface area contributed by atoms with Crippen molar-refractivity contribution in [1.29, 1.82) is 0 Å². The van der Waals surface area contributed by atoms with Gasteiger partial charge in [0.05, 0.1) is 12.6 Å². The zero-order valence-corrected chi connectivity index (χ0v) is 11.6. The van der Waals surface area contributed by atoms with E-state index in [9.17, 15) is 4.39 Å². The Kier molecular flexibility index (Phi) is 3.11. The minimum atomic E-state index is -0.248. The minimum Gasteiger partial charge on any atom is -0.381 e. The average Bonchev–Trinajstić information content (AvgIpc) is 3.17. The Bertz CT molecular complexity index is 634. The lowest BCUT2D eigenvalue weighted by Gasteiger charge is -2.28. The van der Waals surface area contributed by atoms with E-state index in [2.05, 4.69) is 15.4 Å². The molecule has 0 amide bonds. The van der Waals surface area contributed by atoms with Gasteiger partial charge in [-0.2, -0.15) is 4.98 Å². The molecule has 2 unspecified atom stereocenters. The van der Waals surface area contributed by atoms with Gasteiger partial charge in [-0.15, -0.1) is 5.10 Å². The molecule has 0 saturated carbocycles. The summed E-state index contributed by atoms with van der Waals surface area (Å²) in [6.45, 7) is 2.54. The molecule has 6 heteroatoms. The normalized spacial score (nSPS) is 24.6. The Labute approximate surface area is 122 Å². The Hall–Kier alpha value is -1.95. The highest BCUT2D eigenvalue weighted by Crippen LogP contribution is 2.34. The lowest BCUT2D eigenvalue weighted by atomic mass is 9.95. The van der Waals surface area contributed by atoms with Crippen LogP contribution in [0.2, 0.25) is 0 Å². The maximum Gasteiger partial charge on any atom is 0.221 e. The summed E-state index contributed by atoms with van der Waals surface area (Å²) in [7, 11) is 0. The molecule has 2 aromatic rings. The summed E-state index contributed by atoms with van der Waals surface area (Å²) < 4.78 is 20.5. The van der Waals surface area contributed by atoms with Crippen LogP contribution in [-0.2, 0) is 4.74 Å². The van der Waals surface area contributed by atoms with Gasteiger partial charge in [-0.1, -0.05) is 0 Å². The average molecular weight is 288 g/mol. The number of benzene rings is 1. The first-order valence-corrected chi connectivity index (χ1v) is 7.35. The molecule has 2 aliphatic heterocycles. The van der Waals surface area contributed by atoms with Gasteiger partial charge in [0, 0.05) is 24.6 Å². The smallest absolute Gasteiger partial charge is 0.221 e. The van der Waals surface area contributed by atoms with E-state index in [1.165, 1.54) is 12.1 Å². The number of hydrogen-bond donors (Lipinski definition) is 1. The highest BCUT2D eigenvalue weighted by molar-refractivity contribution is 5.56. The molecule has 21 heavy (non-hydrogen) atoms. The Morgan fingerprint density at radius 3 is 2.86 bits per heavy atom. The molecule has 1 aromatic heterocycles. The largest absolute Gasteiger partial charge is 0.381 e. The fourth-order valence-electron chi connectivity index (χ4n) is 3.14. The molecule has 0 radical (unpaired) electrons. The number of aromatic nitrogens is 3. The lowest BCUT2D eigenvalue weighted by molar-refractivity contribution is 0.167. The topological polar surface area (TPSA) is 52.0 Å². The first kappa shape index (κ1) is 12.8. The minimum absolute atomic E-state index is 0.248. The first-order valence-electron chi connectivity index (χ1n) is 7.35. The number of anilines is 1. The summed E-state index contributed by atoms with van der Waals surface area (Å²) in [6, 6.07) is 6.63. The van der Waals surface area contributed by atoms with Crippen molar-refractivity contribution < 1.29 is 9.13 Å². The molecular weight excluding hydrogens is 271 g/mol. The Morgan fingerprint density at radius 2 is 2.10 bits per heavy atom. The molecule has 110 valence electrons. The third-order valence-electron chi connectivity index (χ3n) is 4.28. The van der Waals surface area contributed by atoms with E-state index in [1.807, 2.05) is 4.68 Å². The summed E-state index contributed by atoms with van der Waals surface area (Å²) in [6.07, 6.45) is 2.11. The fraction of sp³-hybridized carbons (Fsp3) is 0.467. The molecule has 0 aliphatic carbocycles. The zero-order valence-electron chi connectivity index (χ0n) is 11.6. The van der Waals surface area contributed by atoms with E-state index < -0.39 is 0 Å². The number of halogens is 1. The van der Waals surface area contributed by atoms with E-state index >= 15 is 0 Å². The third kappa shape index (κ3) is 2.29. The predicted octanol–water partition coefficient (Wildman–Crippen LogP) is 2.48. The summed E-state index contributed by atoms with van der Waals surface area (Å²) in [5, 5.41) is 7.93. The molecular formula is C15H17FN4O. The third-order valence-corrected chi connectivity index (χ3v) is 4.28. The van der Waals surface area contributed by atoms with Crippen molar-refractivity contribution >= 4 is 5.95 Å². The van der Waals surface area contributed by atoms with Gasteiger partial charge in [-0.3, -0.25) is 0 Å². The van der Waals surface area contributed by atoms with Crippen molar-refractivity contribution in [3.05, 3.63) is 30.1 Å². The second-order valence-corrected chi connectivity index (χ2v) is 5.62. The fourth-order valence-corrected chi connectivity index (χ4v) is 3.14. The van der Waals surface area contributed by atoms with E-state index in [0.29, 0.717) is 17.8 Å². The first-order chi connectivity index (χ1) is 10.3. The second kappa shape index (κ2) is 5.11. The number of nitrogens with one attached hydrogen (secondary N) is 1. The van der Waals surface area contributed by atoms with Crippen LogP contribution in [0.5, 0.6) is 0 Å². The summed E-state index contributed by atoms with van der Waals surface area (Å²) in [5.74, 6) is 1.70. The van der Waals surface area contributed by atoms with E-state index in [4.69, 9.17) is 4.74 Å². The molecule has 2 aliphatic rings. The molecule has 0 bridgehead atoms. The molecule has 1 aromatic carbocycles. The molecule has 2 atom stereocenters. The van der Waals surface area contributed by atoms with Crippen LogP contribution in [0.15, 0.2) is 24.3 Å². The number of nitrogens with zero attached hydrogens (tertiary/aromatic N) is 3. The molecule has 4 rings (SSSR count). The van der Waals surface area contributed by atoms with Crippen molar-refractivity contribution in [3.8, 4) is 11.4 Å². The molecule has 1 fully saturated rings. The Morgan fingerprint density at radius 1 is 1.24 bits per heavy atom. The molecule has 1 saturated heterocycles. The maximum atomic E-state index is 13.0. The SMILES string of the molecule is Fc1ccc(-c2nc3n(n2)C(C2CCOC2)CCN3)cc1. The van der Waals surface area contributed by atoms with Gasteiger partial charge in [0.15, 0.2) is 5.82 Å². The molecule has 0 spiro atoms. The monoisotopic (exact) mass is 288 g/mol. The van der Waals surface area contributed by atoms with Crippen LogP contribution in [0, 0.1) is 11.7 Å². The second-order valence-electron chi connectivity index (χ2n) is 5.62. The van der Waals surface area contributed by atoms with Crippen molar-refractivity contribution in [3.63, 3.8) is 0 Å². The van der Waals surface area contributed by atoms with Crippen LogP contribution in [0.3, 0.4) is 0 Å². The van der Waals surface area contributed by atoms with Crippen molar-refractivity contribution in [1.82, 2.24) is 14.8 Å². The van der Waals surface area contributed by atoms with E-state index in [0.717, 1.165) is 44.1 Å². The Balaban J connectivity index is 1.68. The summed E-state index contributed by atoms with van der Waals surface area (Å²) in [5.41, 5.74) is 0.835. The number of rotatable bonds is 2. The number of fused-ring (bicyclic) bond motifs is 1. The highest BCUT2D eigenvalue weighted by atomic mass is 19.1. The molecule has 1 N–H and O–H groups in total. The predicted molar refractivity (Wildman–Crippen MR) is 76.5 cm³/mol. The summed E-state index contributed by atoms with van der Waals surface area (Å²) in [4.78, 5) is 4.55. The van der Waals surface area contributed by atoms with Crippen molar-refractivity contribution in [2.24, 2.45) is 5.92 Å². The summed E-state index contributed by atoms with van der Waals surface area (Å²) >= 11 is 0. The van der Waals surface area contributed by atoms with E-state index in [1.54, 1.807) is 12.1 Å². The van der Waals surface area contributed by atoms with Crippen molar-refractivity contribution in [2.75, 3.05) is 25.1 Å². The van der Waals surface area contributed by atoms with Crippen molar-refractivity contribution in [2.45, 2.75) is 18.9 Å². The van der Waals surface area contributed by atoms with Crippen LogP contribution in [0.25, 0.3) is 11.4 Å². The molecule has 5 nitrogen and oxygen atoms in total. The van der Waals surface area contributed by atoms with Gasteiger partial charge >= 0.3 is 0 Å². The van der Waals surface area contributed by atoms with Gasteiger partial charge in [0.25, 0.3) is 0 Å². The van der Waals surface area contributed by atoms with Gasteiger partial charge in [-0.25, -0.2) is 9.07 Å². The number of hydrogen-bond acceptors (Lipinski definition) is 4.